The highest BCUT2D eigenvalue weighted by Crippen LogP contribution is 2.46. The third kappa shape index (κ3) is 3.40. The van der Waals surface area contributed by atoms with Crippen LogP contribution in [0.3, 0.4) is 0 Å². The summed E-state index contributed by atoms with van der Waals surface area (Å²) in [5.74, 6) is 0.515. The number of urea groups is 2. The van der Waals surface area contributed by atoms with Crippen LogP contribution in [0.1, 0.15) is 17.9 Å². The number of nitrogens with one attached hydrogen (secondary N) is 1. The first-order chi connectivity index (χ1) is 16.6. The number of hydrogen-bond acceptors (Lipinski definition) is 5. The van der Waals surface area contributed by atoms with E-state index in [4.69, 9.17) is 4.42 Å². The normalized spacial score (nSPS) is 23.8. The van der Waals surface area contributed by atoms with Crippen molar-refractivity contribution in [2.75, 3.05) is 25.0 Å². The molecule has 2 aromatic carbocycles. The Bertz CT molecular complexity index is 1250. The van der Waals surface area contributed by atoms with E-state index in [0.717, 1.165) is 12.0 Å². The number of carbonyl (C=O) groups is 3. The molecule has 2 aliphatic heterocycles. The Morgan fingerprint density at radius 3 is 2.62 bits per heavy atom. The molecule has 3 atom stereocenters. The Kier molecular flexibility index (Phi) is 4.83. The number of imide groups is 1. The maximum absolute atomic E-state index is 13.2. The molecule has 3 aromatic rings. The molecule has 0 bridgehead atoms. The van der Waals surface area contributed by atoms with Crippen LogP contribution in [0.15, 0.2) is 71.6 Å². The van der Waals surface area contributed by atoms with Gasteiger partial charge in [-0.25, -0.2) is 14.6 Å². The molecule has 3 heterocycles. The number of nitrogens with zero attached hydrogens (tertiary/aromatic N) is 4. The lowest BCUT2D eigenvalue weighted by molar-refractivity contribution is -0.129. The van der Waals surface area contributed by atoms with Gasteiger partial charge in [0.05, 0.1) is 18.4 Å². The van der Waals surface area contributed by atoms with Crippen LogP contribution in [-0.2, 0) is 4.79 Å². The Morgan fingerprint density at radius 1 is 1.03 bits per heavy atom. The average Bonchev–Trinajstić information content (AvgIpc) is 3.36. The molecule has 2 saturated heterocycles. The first-order valence-electron chi connectivity index (χ1n) is 11.3. The number of fused-ring (bicyclic) bond motifs is 1. The number of oxazole rings is 1. The second-order valence-corrected chi connectivity index (χ2v) is 8.81. The van der Waals surface area contributed by atoms with E-state index in [-0.39, 0.29) is 36.5 Å². The van der Waals surface area contributed by atoms with Gasteiger partial charge in [0.15, 0.2) is 12.2 Å². The molecule has 0 radical (unpaired) electrons. The molecule has 9 nitrogen and oxygen atoms in total. The summed E-state index contributed by atoms with van der Waals surface area (Å²) in [5.41, 5.74) is 2.45. The summed E-state index contributed by atoms with van der Waals surface area (Å²) < 4.78 is 5.38. The van der Waals surface area contributed by atoms with Crippen molar-refractivity contribution in [2.24, 2.45) is 0 Å². The fourth-order valence-corrected chi connectivity index (χ4v) is 4.98. The largest absolute Gasteiger partial charge is 0.443 e. The molecule has 9 heteroatoms. The summed E-state index contributed by atoms with van der Waals surface area (Å²) in [6.45, 7) is 0.845. The van der Waals surface area contributed by atoms with E-state index in [1.165, 1.54) is 11.3 Å². The van der Waals surface area contributed by atoms with Crippen LogP contribution in [-0.4, -0.2) is 69.4 Å². The Morgan fingerprint density at radius 2 is 1.82 bits per heavy atom. The van der Waals surface area contributed by atoms with Crippen LogP contribution in [0, 0.1) is 0 Å². The summed E-state index contributed by atoms with van der Waals surface area (Å²) >= 11 is 0. The molecular formula is C25H23N5O4. The molecule has 1 aliphatic carbocycles. The van der Waals surface area contributed by atoms with Crippen LogP contribution in [0.5, 0.6) is 0 Å². The minimum Gasteiger partial charge on any atom is -0.443 e. The SMILES string of the molecule is O=C(Nc1ccccc1-c1cnco1)N1CCN2C(=O)N([C@@H]3C[C@H]3c3ccccc3)C(=O)C2C1. The summed E-state index contributed by atoms with van der Waals surface area (Å²) in [7, 11) is 0. The van der Waals surface area contributed by atoms with Crippen molar-refractivity contribution >= 4 is 23.7 Å². The van der Waals surface area contributed by atoms with Crippen molar-refractivity contribution < 1.29 is 18.8 Å². The van der Waals surface area contributed by atoms with E-state index < -0.39 is 6.04 Å². The van der Waals surface area contributed by atoms with Crippen LogP contribution >= 0.6 is 0 Å². The number of rotatable bonds is 4. The van der Waals surface area contributed by atoms with Crippen molar-refractivity contribution in [3.63, 3.8) is 0 Å². The van der Waals surface area contributed by atoms with Crippen LogP contribution in [0.25, 0.3) is 11.3 Å². The van der Waals surface area contributed by atoms with Gasteiger partial charge in [-0.3, -0.25) is 9.69 Å². The second kappa shape index (κ2) is 8.02. The first-order valence-corrected chi connectivity index (χ1v) is 11.3. The van der Waals surface area contributed by atoms with Gasteiger partial charge in [0, 0.05) is 30.6 Å². The third-order valence-electron chi connectivity index (χ3n) is 6.82. The highest BCUT2D eigenvalue weighted by molar-refractivity contribution is 6.06. The van der Waals surface area contributed by atoms with Crippen molar-refractivity contribution in [3.05, 3.63) is 72.8 Å². The van der Waals surface area contributed by atoms with Crippen molar-refractivity contribution in [2.45, 2.75) is 24.4 Å². The minimum absolute atomic E-state index is 0.107. The maximum atomic E-state index is 13.2. The van der Waals surface area contributed by atoms with Crippen molar-refractivity contribution in [1.82, 2.24) is 19.7 Å². The van der Waals surface area contributed by atoms with E-state index in [0.29, 0.717) is 30.1 Å². The quantitative estimate of drug-likeness (QED) is 0.606. The topological polar surface area (TPSA) is 99.0 Å². The van der Waals surface area contributed by atoms with Gasteiger partial charge in [-0.1, -0.05) is 42.5 Å². The Balaban J connectivity index is 1.15. The van der Waals surface area contributed by atoms with E-state index in [9.17, 15) is 14.4 Å². The standard InChI is InChI=1S/C25H23N5O4/c31-23-21-14-28(24(32)27-19-9-5-4-8-17(19)22-13-26-15-34-22)10-11-29(21)25(33)30(23)20-12-18(20)16-6-2-1-3-7-16/h1-9,13,15,18,20-21H,10-12,14H2,(H,27,32)/t18-,20+,21?/m0/s1. The zero-order valence-electron chi connectivity index (χ0n) is 18.3. The number of hydrogen-bond donors (Lipinski definition) is 1. The summed E-state index contributed by atoms with van der Waals surface area (Å²) in [6.07, 6.45) is 3.70. The van der Waals surface area contributed by atoms with E-state index >= 15 is 0 Å². The van der Waals surface area contributed by atoms with Crippen LogP contribution in [0.2, 0.25) is 0 Å². The van der Waals surface area contributed by atoms with Crippen molar-refractivity contribution in [1.29, 1.82) is 0 Å². The van der Waals surface area contributed by atoms with Gasteiger partial charge in [-0.15, -0.1) is 0 Å². The molecule has 34 heavy (non-hydrogen) atoms. The zero-order valence-corrected chi connectivity index (χ0v) is 18.3. The molecular weight excluding hydrogens is 434 g/mol. The molecule has 6 rings (SSSR count). The number of aromatic nitrogens is 1. The molecule has 1 aromatic heterocycles. The lowest BCUT2D eigenvalue weighted by Crippen LogP contribution is -2.55. The monoisotopic (exact) mass is 457 g/mol. The highest BCUT2D eigenvalue weighted by atomic mass is 16.3. The number of anilines is 1. The predicted octanol–water partition coefficient (Wildman–Crippen LogP) is 3.38. The van der Waals surface area contributed by atoms with Gasteiger partial charge < -0.3 is 19.5 Å². The first kappa shape index (κ1) is 20.5. The highest BCUT2D eigenvalue weighted by Gasteiger charge is 2.56. The van der Waals surface area contributed by atoms with Crippen molar-refractivity contribution in [3.8, 4) is 11.3 Å². The summed E-state index contributed by atoms with van der Waals surface area (Å²) in [4.78, 5) is 47.9. The molecule has 172 valence electrons. The number of amides is 5. The summed E-state index contributed by atoms with van der Waals surface area (Å²) in [5, 5.41) is 2.92. The predicted molar refractivity (Wildman–Crippen MR) is 123 cm³/mol. The Hall–Kier alpha value is -4.14. The zero-order chi connectivity index (χ0) is 23.2. The van der Waals surface area contributed by atoms with Gasteiger partial charge in [0.1, 0.15) is 6.04 Å². The lowest BCUT2D eigenvalue weighted by atomic mass is 10.1. The smallest absolute Gasteiger partial charge is 0.327 e. The fourth-order valence-electron chi connectivity index (χ4n) is 4.98. The van der Waals surface area contributed by atoms with Crippen LogP contribution in [0.4, 0.5) is 15.3 Å². The van der Waals surface area contributed by atoms with Gasteiger partial charge >= 0.3 is 12.1 Å². The lowest BCUT2D eigenvalue weighted by Gasteiger charge is -2.35. The minimum atomic E-state index is -0.645. The molecule has 1 saturated carbocycles. The molecule has 1 unspecified atom stereocenters. The Labute approximate surface area is 196 Å². The van der Waals surface area contributed by atoms with Gasteiger partial charge in [-0.2, -0.15) is 0 Å². The number of piperazine rings is 1. The third-order valence-corrected chi connectivity index (χ3v) is 6.82. The number of para-hydroxylation sites is 1. The molecule has 3 fully saturated rings. The summed E-state index contributed by atoms with van der Waals surface area (Å²) in [6, 6.07) is 15.9. The molecule has 1 N–H and O–H groups in total. The average molecular weight is 457 g/mol. The molecule has 0 spiro atoms. The van der Waals surface area contributed by atoms with E-state index in [1.807, 2.05) is 48.5 Å². The number of carbonyl (C=O) groups excluding carboxylic acids is 3. The number of benzene rings is 2. The van der Waals surface area contributed by atoms with E-state index in [2.05, 4.69) is 10.3 Å². The van der Waals surface area contributed by atoms with Gasteiger partial charge in [-0.05, 0) is 24.1 Å². The van der Waals surface area contributed by atoms with Gasteiger partial charge in [0.2, 0.25) is 0 Å². The molecule has 5 amide bonds. The van der Waals surface area contributed by atoms with Crippen LogP contribution < -0.4 is 5.32 Å². The second-order valence-electron chi connectivity index (χ2n) is 8.81. The molecule has 3 aliphatic rings. The maximum Gasteiger partial charge on any atom is 0.327 e. The van der Waals surface area contributed by atoms with E-state index in [1.54, 1.807) is 22.1 Å². The fraction of sp³-hybridized carbons (Fsp3) is 0.280. The van der Waals surface area contributed by atoms with Gasteiger partial charge in [0.25, 0.3) is 5.91 Å².